The van der Waals surface area contributed by atoms with Crippen molar-refractivity contribution in [1.82, 2.24) is 15.5 Å². The van der Waals surface area contributed by atoms with Crippen LogP contribution in [0.2, 0.25) is 0 Å². The quantitative estimate of drug-likeness (QED) is 0.174. The minimum atomic E-state index is 0. The zero-order valence-electron chi connectivity index (χ0n) is 20.7. The van der Waals surface area contributed by atoms with Crippen LogP contribution in [0.3, 0.4) is 0 Å². The molecule has 0 radical (unpaired) electrons. The van der Waals surface area contributed by atoms with E-state index in [0.29, 0.717) is 32.9 Å². The van der Waals surface area contributed by atoms with E-state index in [0.717, 1.165) is 28.6 Å². The normalized spacial score (nSPS) is 12.2. The van der Waals surface area contributed by atoms with Crippen LogP contribution in [-0.2, 0) is 11.3 Å². The predicted molar refractivity (Wildman–Crippen MR) is 146 cm³/mol. The first-order valence-corrected chi connectivity index (χ1v) is 11.0. The van der Waals surface area contributed by atoms with Crippen LogP contribution >= 0.6 is 24.0 Å². The number of aryl methyl sites for hydroxylation is 1. The van der Waals surface area contributed by atoms with Gasteiger partial charge in [0, 0.05) is 32.3 Å². The largest absolute Gasteiger partial charge is 0.497 e. The fourth-order valence-electron chi connectivity index (χ4n) is 3.34. The number of methoxy groups -OCH3 is 1. The second-order valence-corrected chi connectivity index (χ2v) is 7.72. The summed E-state index contributed by atoms with van der Waals surface area (Å²) >= 11 is 0. The Bertz CT molecular complexity index is 861. The van der Waals surface area contributed by atoms with Crippen LogP contribution in [0.25, 0.3) is 0 Å². The van der Waals surface area contributed by atoms with Crippen molar-refractivity contribution in [2.24, 2.45) is 4.99 Å². The van der Waals surface area contributed by atoms with Gasteiger partial charge < -0.3 is 29.7 Å². The predicted octanol–water partition coefficient (Wildman–Crippen LogP) is 4.00. The molecule has 33 heavy (non-hydrogen) atoms. The third kappa shape index (κ3) is 9.77. The number of hydrogen-bond acceptors (Lipinski definition) is 5. The average Bonchev–Trinajstić information content (AvgIpc) is 2.79. The molecule has 2 N–H and O–H groups in total. The summed E-state index contributed by atoms with van der Waals surface area (Å²) in [5.74, 6) is 2.46. The topological polar surface area (TPSA) is 67.3 Å². The van der Waals surface area contributed by atoms with Gasteiger partial charge >= 0.3 is 0 Å². The zero-order chi connectivity index (χ0) is 23.3. The van der Waals surface area contributed by atoms with Crippen LogP contribution in [0.1, 0.15) is 29.7 Å². The lowest BCUT2D eigenvalue weighted by Crippen LogP contribution is -2.41. The van der Waals surface area contributed by atoms with Crippen molar-refractivity contribution in [2.75, 3.05) is 54.6 Å². The van der Waals surface area contributed by atoms with Crippen molar-refractivity contribution in [3.8, 4) is 11.5 Å². The summed E-state index contributed by atoms with van der Waals surface area (Å²) in [6.07, 6.45) is 0. The Morgan fingerprint density at radius 2 is 1.88 bits per heavy atom. The number of aliphatic imine (C=N–C) groups is 1. The number of rotatable bonds is 12. The van der Waals surface area contributed by atoms with E-state index in [2.05, 4.69) is 71.9 Å². The number of halogens is 1. The molecule has 0 bridgehead atoms. The molecule has 0 saturated carbocycles. The van der Waals surface area contributed by atoms with Crippen LogP contribution in [0, 0.1) is 6.92 Å². The highest BCUT2D eigenvalue weighted by Gasteiger charge is 2.15. The minimum Gasteiger partial charge on any atom is -0.497 e. The number of hydrogen-bond donors (Lipinski definition) is 2. The van der Waals surface area contributed by atoms with Gasteiger partial charge in [-0.05, 0) is 57.3 Å². The molecule has 7 nitrogen and oxygen atoms in total. The maximum Gasteiger partial charge on any atom is 0.191 e. The Balaban J connectivity index is 0.00000544. The molecule has 2 rings (SSSR count). The fourth-order valence-corrected chi connectivity index (χ4v) is 3.34. The highest BCUT2D eigenvalue weighted by atomic mass is 127. The Kier molecular flexibility index (Phi) is 13.8. The summed E-state index contributed by atoms with van der Waals surface area (Å²) in [5, 5.41) is 6.84. The van der Waals surface area contributed by atoms with E-state index < -0.39 is 0 Å². The van der Waals surface area contributed by atoms with Gasteiger partial charge in [-0.15, -0.1) is 24.0 Å². The third-order valence-corrected chi connectivity index (χ3v) is 5.15. The lowest BCUT2D eigenvalue weighted by molar-refractivity contribution is 0.110. The van der Waals surface area contributed by atoms with Gasteiger partial charge in [0.25, 0.3) is 0 Å². The van der Waals surface area contributed by atoms with Crippen molar-refractivity contribution in [2.45, 2.75) is 26.4 Å². The van der Waals surface area contributed by atoms with E-state index in [4.69, 9.17) is 14.2 Å². The molecule has 0 aromatic heterocycles. The number of nitrogens with one attached hydrogen (secondary N) is 2. The highest BCUT2D eigenvalue weighted by Crippen LogP contribution is 2.22. The van der Waals surface area contributed by atoms with Crippen LogP contribution < -0.4 is 20.1 Å². The number of ether oxygens (including phenoxy) is 3. The molecule has 0 spiro atoms. The standard InChI is InChI=1S/C25H38N4O3.HI/c1-7-31-13-14-32-24-15-19(2)11-12-21(24)17-27-25(26-3)28-18-23(29(4)5)20-9-8-10-22(16-20)30-6;/h8-12,15-16,23H,7,13-14,17-18H2,1-6H3,(H2,26,27,28);1H. The lowest BCUT2D eigenvalue weighted by atomic mass is 10.1. The van der Waals surface area contributed by atoms with Crippen molar-refractivity contribution in [3.63, 3.8) is 0 Å². The van der Waals surface area contributed by atoms with E-state index in [1.165, 1.54) is 5.56 Å². The van der Waals surface area contributed by atoms with Gasteiger partial charge in [-0.3, -0.25) is 4.99 Å². The van der Waals surface area contributed by atoms with Crippen LogP contribution in [0.5, 0.6) is 11.5 Å². The number of benzene rings is 2. The van der Waals surface area contributed by atoms with E-state index >= 15 is 0 Å². The minimum absolute atomic E-state index is 0. The molecular formula is C25H39IN4O3. The highest BCUT2D eigenvalue weighted by molar-refractivity contribution is 14.0. The Morgan fingerprint density at radius 1 is 1.09 bits per heavy atom. The Morgan fingerprint density at radius 3 is 2.55 bits per heavy atom. The molecule has 2 aromatic rings. The van der Waals surface area contributed by atoms with Gasteiger partial charge in [0.15, 0.2) is 5.96 Å². The van der Waals surface area contributed by atoms with Gasteiger partial charge in [0.2, 0.25) is 0 Å². The second-order valence-electron chi connectivity index (χ2n) is 7.72. The SMILES string of the molecule is CCOCCOc1cc(C)ccc1CNC(=NC)NCC(c1cccc(OC)c1)N(C)C.I. The first-order chi connectivity index (χ1) is 15.5. The van der Waals surface area contributed by atoms with Crippen molar-refractivity contribution < 1.29 is 14.2 Å². The fraction of sp³-hybridized carbons (Fsp3) is 0.480. The first-order valence-electron chi connectivity index (χ1n) is 11.0. The molecule has 2 aromatic carbocycles. The smallest absolute Gasteiger partial charge is 0.191 e. The van der Waals surface area contributed by atoms with Crippen molar-refractivity contribution in [1.29, 1.82) is 0 Å². The molecule has 184 valence electrons. The Hall–Kier alpha value is -2.04. The van der Waals surface area contributed by atoms with Crippen LogP contribution in [-0.4, -0.2) is 65.5 Å². The van der Waals surface area contributed by atoms with Crippen LogP contribution in [0.15, 0.2) is 47.5 Å². The molecule has 1 unspecified atom stereocenters. The summed E-state index contributed by atoms with van der Waals surface area (Å²) in [6, 6.07) is 14.6. The average molecular weight is 571 g/mol. The third-order valence-electron chi connectivity index (χ3n) is 5.15. The van der Waals surface area contributed by atoms with E-state index in [-0.39, 0.29) is 30.0 Å². The number of likely N-dealkylation sites (N-methyl/N-ethyl adjacent to an activating group) is 1. The molecule has 0 saturated heterocycles. The molecule has 0 aliphatic rings. The van der Waals surface area contributed by atoms with Gasteiger partial charge in [0.05, 0.1) is 19.8 Å². The number of nitrogens with zero attached hydrogens (tertiary/aromatic N) is 2. The Labute approximate surface area is 215 Å². The number of guanidine groups is 1. The van der Waals surface area contributed by atoms with E-state index in [1.807, 2.05) is 19.1 Å². The molecule has 0 amide bonds. The summed E-state index contributed by atoms with van der Waals surface area (Å²) in [7, 11) is 7.61. The monoisotopic (exact) mass is 570 g/mol. The summed E-state index contributed by atoms with van der Waals surface area (Å²) in [4.78, 5) is 6.57. The molecule has 0 aliphatic heterocycles. The summed E-state index contributed by atoms with van der Waals surface area (Å²) < 4.78 is 16.7. The summed E-state index contributed by atoms with van der Waals surface area (Å²) in [6.45, 7) is 7.15. The second kappa shape index (κ2) is 15.7. The first kappa shape index (κ1) is 29.0. The molecule has 0 aliphatic carbocycles. The van der Waals surface area contributed by atoms with Crippen molar-refractivity contribution >= 4 is 29.9 Å². The maximum atomic E-state index is 5.95. The molecule has 1 atom stereocenters. The maximum absolute atomic E-state index is 5.95. The molecular weight excluding hydrogens is 531 g/mol. The van der Waals surface area contributed by atoms with Gasteiger partial charge in [-0.1, -0.05) is 24.3 Å². The van der Waals surface area contributed by atoms with Gasteiger partial charge in [-0.2, -0.15) is 0 Å². The molecule has 8 heteroatoms. The molecule has 0 fully saturated rings. The van der Waals surface area contributed by atoms with Gasteiger partial charge in [-0.25, -0.2) is 0 Å². The van der Waals surface area contributed by atoms with Crippen LogP contribution in [0.4, 0.5) is 0 Å². The van der Waals surface area contributed by atoms with E-state index in [9.17, 15) is 0 Å². The van der Waals surface area contributed by atoms with Gasteiger partial charge in [0.1, 0.15) is 18.1 Å². The summed E-state index contributed by atoms with van der Waals surface area (Å²) in [5.41, 5.74) is 3.42. The lowest BCUT2D eigenvalue weighted by Gasteiger charge is -2.26. The zero-order valence-corrected chi connectivity index (χ0v) is 23.0. The van der Waals surface area contributed by atoms with Crippen molar-refractivity contribution in [3.05, 3.63) is 59.2 Å². The molecule has 0 heterocycles. The van der Waals surface area contributed by atoms with E-state index in [1.54, 1.807) is 14.2 Å².